The number of nitrogens with one attached hydrogen (secondary N) is 1. The van der Waals surface area contributed by atoms with Crippen LogP contribution in [0.5, 0.6) is 0 Å². The zero-order valence-electron chi connectivity index (χ0n) is 12.9. The van der Waals surface area contributed by atoms with Gasteiger partial charge in [0.1, 0.15) is 5.82 Å². The van der Waals surface area contributed by atoms with Gasteiger partial charge in [-0.1, -0.05) is 30.7 Å². The quantitative estimate of drug-likeness (QED) is 0.914. The minimum atomic E-state index is 0.859. The summed E-state index contributed by atoms with van der Waals surface area (Å²) in [4.78, 5) is 9.65. The summed E-state index contributed by atoms with van der Waals surface area (Å²) in [6, 6.07) is 8.44. The number of hydrogen-bond donors (Lipinski definition) is 1. The molecule has 0 saturated heterocycles. The SMILES string of the molecule is CCCNc1nc(-c2cccc(C)c2)nc2c1CCCC2. The van der Waals surface area contributed by atoms with Crippen LogP contribution in [0, 0.1) is 6.92 Å². The Bertz CT molecular complexity index is 634. The van der Waals surface area contributed by atoms with E-state index in [9.17, 15) is 0 Å². The van der Waals surface area contributed by atoms with E-state index in [0.29, 0.717) is 0 Å². The second kappa shape index (κ2) is 6.25. The maximum atomic E-state index is 4.84. The Kier molecular flexibility index (Phi) is 4.18. The van der Waals surface area contributed by atoms with Gasteiger partial charge in [0.2, 0.25) is 0 Å². The molecule has 1 aromatic heterocycles. The highest BCUT2D eigenvalue weighted by atomic mass is 15.0. The molecule has 1 heterocycles. The van der Waals surface area contributed by atoms with Crippen LogP contribution >= 0.6 is 0 Å². The van der Waals surface area contributed by atoms with Crippen molar-refractivity contribution in [3.05, 3.63) is 41.1 Å². The third-order valence-corrected chi connectivity index (χ3v) is 4.00. The van der Waals surface area contributed by atoms with Crippen molar-refractivity contribution in [3.8, 4) is 11.4 Å². The van der Waals surface area contributed by atoms with Gasteiger partial charge in [-0.3, -0.25) is 0 Å². The summed E-state index contributed by atoms with van der Waals surface area (Å²) >= 11 is 0. The van der Waals surface area contributed by atoms with Crippen LogP contribution < -0.4 is 5.32 Å². The predicted molar refractivity (Wildman–Crippen MR) is 87.6 cm³/mol. The van der Waals surface area contributed by atoms with E-state index in [2.05, 4.69) is 43.4 Å². The lowest BCUT2D eigenvalue weighted by atomic mass is 9.96. The highest BCUT2D eigenvalue weighted by molar-refractivity contribution is 5.61. The molecule has 3 rings (SSSR count). The zero-order chi connectivity index (χ0) is 14.7. The molecule has 1 N–H and O–H groups in total. The molecule has 0 spiro atoms. The smallest absolute Gasteiger partial charge is 0.161 e. The standard InChI is InChI=1S/C18H23N3/c1-3-11-19-18-15-9-4-5-10-16(15)20-17(21-18)14-8-6-7-13(2)12-14/h6-8,12H,3-5,9-11H2,1-2H3,(H,19,20,21). The summed E-state index contributed by atoms with van der Waals surface area (Å²) in [5.74, 6) is 1.91. The third kappa shape index (κ3) is 3.07. The van der Waals surface area contributed by atoms with Crippen molar-refractivity contribution in [1.82, 2.24) is 9.97 Å². The van der Waals surface area contributed by atoms with Gasteiger partial charge >= 0.3 is 0 Å². The van der Waals surface area contributed by atoms with Crippen LogP contribution in [0.2, 0.25) is 0 Å². The summed E-state index contributed by atoms with van der Waals surface area (Å²) in [6.07, 6.45) is 5.79. The fourth-order valence-corrected chi connectivity index (χ4v) is 2.90. The van der Waals surface area contributed by atoms with Crippen LogP contribution in [0.15, 0.2) is 24.3 Å². The first-order valence-electron chi connectivity index (χ1n) is 7.98. The zero-order valence-corrected chi connectivity index (χ0v) is 12.9. The molecular formula is C18H23N3. The van der Waals surface area contributed by atoms with Crippen molar-refractivity contribution in [2.75, 3.05) is 11.9 Å². The Hall–Kier alpha value is -1.90. The Labute approximate surface area is 126 Å². The Morgan fingerprint density at radius 3 is 2.81 bits per heavy atom. The first-order valence-corrected chi connectivity index (χ1v) is 7.98. The second-order valence-corrected chi connectivity index (χ2v) is 5.82. The molecule has 1 aromatic carbocycles. The molecule has 0 radical (unpaired) electrons. The number of rotatable bonds is 4. The maximum Gasteiger partial charge on any atom is 0.161 e. The largest absolute Gasteiger partial charge is 0.370 e. The predicted octanol–water partition coefficient (Wildman–Crippen LogP) is 4.15. The van der Waals surface area contributed by atoms with Gasteiger partial charge in [-0.05, 0) is 45.1 Å². The van der Waals surface area contributed by atoms with Crippen LogP contribution in [0.1, 0.15) is 43.0 Å². The number of aryl methyl sites for hydroxylation is 2. The average Bonchev–Trinajstić information content (AvgIpc) is 2.52. The first kappa shape index (κ1) is 14.1. The van der Waals surface area contributed by atoms with Crippen molar-refractivity contribution in [3.63, 3.8) is 0 Å². The van der Waals surface area contributed by atoms with E-state index in [1.807, 2.05) is 0 Å². The molecule has 110 valence electrons. The maximum absolute atomic E-state index is 4.84. The molecule has 0 amide bonds. The van der Waals surface area contributed by atoms with Gasteiger partial charge in [-0.15, -0.1) is 0 Å². The van der Waals surface area contributed by atoms with Gasteiger partial charge in [0.15, 0.2) is 5.82 Å². The van der Waals surface area contributed by atoms with E-state index >= 15 is 0 Å². The van der Waals surface area contributed by atoms with Gasteiger partial charge in [-0.25, -0.2) is 9.97 Å². The van der Waals surface area contributed by atoms with E-state index < -0.39 is 0 Å². The van der Waals surface area contributed by atoms with E-state index in [0.717, 1.165) is 43.0 Å². The second-order valence-electron chi connectivity index (χ2n) is 5.82. The highest BCUT2D eigenvalue weighted by Crippen LogP contribution is 2.28. The number of aromatic nitrogens is 2. The molecule has 2 aromatic rings. The van der Waals surface area contributed by atoms with Crippen LogP contribution in [-0.4, -0.2) is 16.5 Å². The fourth-order valence-electron chi connectivity index (χ4n) is 2.90. The summed E-state index contributed by atoms with van der Waals surface area (Å²) < 4.78 is 0. The molecule has 0 bridgehead atoms. The molecule has 1 aliphatic carbocycles. The molecule has 3 heteroatoms. The third-order valence-electron chi connectivity index (χ3n) is 4.00. The molecular weight excluding hydrogens is 258 g/mol. The van der Waals surface area contributed by atoms with Gasteiger partial charge in [0.25, 0.3) is 0 Å². The van der Waals surface area contributed by atoms with Crippen LogP contribution in [0.25, 0.3) is 11.4 Å². The van der Waals surface area contributed by atoms with Crippen molar-refractivity contribution in [2.45, 2.75) is 46.0 Å². The van der Waals surface area contributed by atoms with Crippen molar-refractivity contribution < 1.29 is 0 Å². The Morgan fingerprint density at radius 2 is 2.00 bits per heavy atom. The number of hydrogen-bond acceptors (Lipinski definition) is 3. The van der Waals surface area contributed by atoms with Crippen LogP contribution in [-0.2, 0) is 12.8 Å². The van der Waals surface area contributed by atoms with E-state index in [1.165, 1.54) is 29.7 Å². The lowest BCUT2D eigenvalue weighted by Crippen LogP contribution is -2.14. The van der Waals surface area contributed by atoms with Crippen LogP contribution in [0.3, 0.4) is 0 Å². The fraction of sp³-hybridized carbons (Fsp3) is 0.444. The number of nitrogens with zero attached hydrogens (tertiary/aromatic N) is 2. The van der Waals surface area contributed by atoms with Gasteiger partial charge < -0.3 is 5.32 Å². The molecule has 0 saturated carbocycles. The van der Waals surface area contributed by atoms with Gasteiger partial charge in [0, 0.05) is 23.4 Å². The lowest BCUT2D eigenvalue weighted by molar-refractivity contribution is 0.664. The van der Waals surface area contributed by atoms with E-state index in [-0.39, 0.29) is 0 Å². The lowest BCUT2D eigenvalue weighted by Gasteiger charge is -2.20. The molecule has 3 nitrogen and oxygen atoms in total. The molecule has 0 atom stereocenters. The number of fused-ring (bicyclic) bond motifs is 1. The Morgan fingerprint density at radius 1 is 1.14 bits per heavy atom. The van der Waals surface area contributed by atoms with E-state index in [4.69, 9.17) is 9.97 Å². The molecule has 0 fully saturated rings. The van der Waals surface area contributed by atoms with Gasteiger partial charge in [0.05, 0.1) is 0 Å². The van der Waals surface area contributed by atoms with Gasteiger partial charge in [-0.2, -0.15) is 0 Å². The van der Waals surface area contributed by atoms with Crippen molar-refractivity contribution in [1.29, 1.82) is 0 Å². The average molecular weight is 281 g/mol. The minimum Gasteiger partial charge on any atom is -0.370 e. The summed E-state index contributed by atoms with van der Waals surface area (Å²) in [5, 5.41) is 3.50. The first-order chi connectivity index (χ1) is 10.3. The van der Waals surface area contributed by atoms with Crippen molar-refractivity contribution in [2.24, 2.45) is 0 Å². The number of benzene rings is 1. The van der Waals surface area contributed by atoms with Crippen molar-refractivity contribution >= 4 is 5.82 Å². The molecule has 0 aliphatic heterocycles. The molecule has 1 aliphatic rings. The summed E-state index contributed by atoms with van der Waals surface area (Å²) in [7, 11) is 0. The Balaban J connectivity index is 2.05. The summed E-state index contributed by atoms with van der Waals surface area (Å²) in [5.41, 5.74) is 4.94. The monoisotopic (exact) mass is 281 g/mol. The summed E-state index contributed by atoms with van der Waals surface area (Å²) in [6.45, 7) is 5.26. The normalized spacial score (nSPS) is 13.8. The number of anilines is 1. The topological polar surface area (TPSA) is 37.8 Å². The molecule has 0 unspecified atom stereocenters. The van der Waals surface area contributed by atoms with Crippen LogP contribution in [0.4, 0.5) is 5.82 Å². The molecule has 21 heavy (non-hydrogen) atoms. The highest BCUT2D eigenvalue weighted by Gasteiger charge is 2.18. The minimum absolute atomic E-state index is 0.859. The van der Waals surface area contributed by atoms with E-state index in [1.54, 1.807) is 0 Å².